The number of carbonyl (C=O) groups is 1. The Hall–Kier alpha value is -2.40. The maximum Gasteiger partial charge on any atom is 0.334 e. The van der Waals surface area contributed by atoms with Crippen molar-refractivity contribution in [2.24, 2.45) is 5.92 Å². The number of carbonyl (C=O) groups excluding carboxylic acids is 1. The quantitative estimate of drug-likeness (QED) is 0.125. The van der Waals surface area contributed by atoms with E-state index in [4.69, 9.17) is 4.74 Å². The molecule has 0 radical (unpaired) electrons. The molecule has 0 spiro atoms. The third kappa shape index (κ3) is 11.8. The van der Waals surface area contributed by atoms with Gasteiger partial charge in [0.1, 0.15) is 0 Å². The lowest BCUT2D eigenvalue weighted by Crippen LogP contribution is -2.47. The summed E-state index contributed by atoms with van der Waals surface area (Å²) in [5, 5.41) is 57.3. The highest BCUT2D eigenvalue weighted by Gasteiger charge is 2.37. The molecular weight excluding hydrogens is 578 g/mol. The minimum Gasteiger partial charge on any atom is -0.453 e. The van der Waals surface area contributed by atoms with Gasteiger partial charge in [0.25, 0.3) is 0 Å². The molecule has 0 unspecified atom stereocenters. The third-order valence-corrected chi connectivity index (χ3v) is 9.27. The standard InChI is InChI=1S/C35H53NO7S/c1-7-9-10-12-15-26-19-27-21-44-34(36-27)24(5)30(39)20-28(37)16-13-11-14-17-29(38)33(43-35(26)42)32(41)25(6)31(40)23(4)18-22(3)8-2/h8,11,13-14,16,18-19,21,24-25,28-33,37-41H,7,9-10,12,15,17,20H2,1-6H3/b14-11-,16-13+,22-8+,23-18+,26-19+/t24-,25-,28-,29+,30+,31+,32-,33-/m1/s1. The van der Waals surface area contributed by atoms with Crippen molar-refractivity contribution in [1.82, 2.24) is 4.98 Å². The average molecular weight is 632 g/mol. The van der Waals surface area contributed by atoms with Crippen LogP contribution in [-0.2, 0) is 9.53 Å². The number of cyclic esters (lactones) is 1. The second-order valence-electron chi connectivity index (χ2n) is 12.0. The molecule has 8 nitrogen and oxygen atoms in total. The van der Waals surface area contributed by atoms with Crippen LogP contribution in [0.5, 0.6) is 0 Å². The number of rotatable bonds is 10. The topological polar surface area (TPSA) is 140 Å². The molecule has 9 heteroatoms. The highest BCUT2D eigenvalue weighted by molar-refractivity contribution is 7.09. The molecule has 1 aliphatic rings. The largest absolute Gasteiger partial charge is 0.453 e. The maximum atomic E-state index is 13.7. The van der Waals surface area contributed by atoms with Crippen molar-refractivity contribution in [2.45, 2.75) is 129 Å². The fraction of sp³-hybridized carbons (Fsp3) is 0.600. The van der Waals surface area contributed by atoms with Gasteiger partial charge in [-0.15, -0.1) is 11.3 Å². The SMILES string of the molecule is C/C=C(C)/C=C(\C)[C@H](O)[C@@H](C)[C@@H](O)[C@@H]1OC(=O)/C(CCCCCC)=C/c2csc(n2)[C@H](C)[C@@H](O)C[C@H](O)/C=C/C=C\C[C@@H]1O. The van der Waals surface area contributed by atoms with Crippen molar-refractivity contribution in [3.05, 3.63) is 69.3 Å². The number of hydrogen-bond donors (Lipinski definition) is 5. The van der Waals surface area contributed by atoms with Gasteiger partial charge in [-0.25, -0.2) is 9.78 Å². The Kier molecular flexibility index (Phi) is 16.5. The average Bonchev–Trinajstić information content (AvgIpc) is 3.47. The van der Waals surface area contributed by atoms with Crippen molar-refractivity contribution in [3.63, 3.8) is 0 Å². The van der Waals surface area contributed by atoms with E-state index in [0.717, 1.165) is 31.3 Å². The van der Waals surface area contributed by atoms with Crippen LogP contribution in [0.25, 0.3) is 6.08 Å². The second kappa shape index (κ2) is 19.2. The molecule has 0 aliphatic carbocycles. The zero-order chi connectivity index (χ0) is 32.8. The fourth-order valence-electron chi connectivity index (χ4n) is 5.05. The van der Waals surface area contributed by atoms with Crippen molar-refractivity contribution in [3.8, 4) is 0 Å². The van der Waals surface area contributed by atoms with Crippen LogP contribution in [0.15, 0.2) is 58.6 Å². The molecule has 2 rings (SSSR count). The van der Waals surface area contributed by atoms with E-state index in [9.17, 15) is 30.3 Å². The summed E-state index contributed by atoms with van der Waals surface area (Å²) in [7, 11) is 0. The second-order valence-corrected chi connectivity index (χ2v) is 12.8. The molecular formula is C35H53NO7S. The van der Waals surface area contributed by atoms with E-state index in [2.05, 4.69) is 11.9 Å². The molecule has 0 saturated heterocycles. The number of allylic oxidation sites excluding steroid dienone is 5. The van der Waals surface area contributed by atoms with Crippen LogP contribution < -0.4 is 0 Å². The minimum absolute atomic E-state index is 0.0510. The summed E-state index contributed by atoms with van der Waals surface area (Å²) in [6, 6.07) is 0. The van der Waals surface area contributed by atoms with Gasteiger partial charge in [0.15, 0.2) is 6.10 Å². The highest BCUT2D eigenvalue weighted by Crippen LogP contribution is 2.29. The first-order valence-corrected chi connectivity index (χ1v) is 16.7. The monoisotopic (exact) mass is 631 g/mol. The number of aromatic nitrogens is 1. The maximum absolute atomic E-state index is 13.7. The van der Waals surface area contributed by atoms with Crippen LogP contribution in [0.3, 0.4) is 0 Å². The Morgan fingerprint density at radius 3 is 2.55 bits per heavy atom. The van der Waals surface area contributed by atoms with Crippen molar-refractivity contribution in [2.75, 3.05) is 0 Å². The molecule has 0 aromatic carbocycles. The van der Waals surface area contributed by atoms with Crippen molar-refractivity contribution in [1.29, 1.82) is 0 Å². The predicted octanol–water partition coefficient (Wildman–Crippen LogP) is 5.77. The molecule has 1 aromatic heterocycles. The van der Waals surface area contributed by atoms with E-state index in [1.54, 1.807) is 44.2 Å². The lowest BCUT2D eigenvalue weighted by Gasteiger charge is -2.33. The van der Waals surface area contributed by atoms with E-state index in [1.165, 1.54) is 11.3 Å². The van der Waals surface area contributed by atoms with Gasteiger partial charge in [-0.2, -0.15) is 0 Å². The summed E-state index contributed by atoms with van der Waals surface area (Å²) < 4.78 is 5.89. The Morgan fingerprint density at radius 2 is 1.86 bits per heavy atom. The van der Waals surface area contributed by atoms with E-state index in [0.29, 0.717) is 28.3 Å². The number of hydrogen-bond acceptors (Lipinski definition) is 9. The highest BCUT2D eigenvalue weighted by atomic mass is 32.1. The molecule has 8 atom stereocenters. The van der Waals surface area contributed by atoms with Crippen LogP contribution in [0.2, 0.25) is 0 Å². The molecule has 0 saturated carbocycles. The van der Waals surface area contributed by atoms with E-state index in [1.807, 2.05) is 38.3 Å². The summed E-state index contributed by atoms with van der Waals surface area (Å²) in [5.41, 5.74) is 2.53. The molecule has 0 fully saturated rings. The normalized spacial score (nSPS) is 29.4. The van der Waals surface area contributed by atoms with Crippen molar-refractivity contribution < 1.29 is 35.1 Å². The van der Waals surface area contributed by atoms with Gasteiger partial charge in [-0.3, -0.25) is 0 Å². The van der Waals surface area contributed by atoms with Gasteiger partial charge in [-0.05, 0) is 51.7 Å². The minimum atomic E-state index is -1.37. The first kappa shape index (κ1) is 37.8. The fourth-order valence-corrected chi connectivity index (χ4v) is 5.94. The molecule has 1 aliphatic heterocycles. The van der Waals surface area contributed by atoms with Crippen LogP contribution >= 0.6 is 11.3 Å². The summed E-state index contributed by atoms with van der Waals surface area (Å²) in [6.45, 7) is 11.2. The molecule has 1 aromatic rings. The number of unbranched alkanes of at least 4 members (excludes halogenated alkanes) is 3. The van der Waals surface area contributed by atoms with Gasteiger partial charge in [0.2, 0.25) is 0 Å². The zero-order valence-corrected chi connectivity index (χ0v) is 27.9. The van der Waals surface area contributed by atoms with Gasteiger partial charge in [0.05, 0.1) is 41.2 Å². The number of fused-ring (bicyclic) bond motifs is 2. The number of aliphatic hydroxyl groups excluding tert-OH is 5. The van der Waals surface area contributed by atoms with Crippen LogP contribution in [-0.4, -0.2) is 73.1 Å². The summed E-state index contributed by atoms with van der Waals surface area (Å²) >= 11 is 1.37. The molecule has 2 bridgehead atoms. The first-order valence-electron chi connectivity index (χ1n) is 15.8. The van der Waals surface area contributed by atoms with Gasteiger partial charge >= 0.3 is 5.97 Å². The number of thiazole rings is 1. The van der Waals surface area contributed by atoms with Crippen LogP contribution in [0, 0.1) is 5.92 Å². The lowest BCUT2D eigenvalue weighted by atomic mass is 9.87. The van der Waals surface area contributed by atoms with Gasteiger partial charge in [-0.1, -0.05) is 82.1 Å². The predicted molar refractivity (Wildman–Crippen MR) is 177 cm³/mol. The first-order chi connectivity index (χ1) is 20.9. The molecule has 0 amide bonds. The van der Waals surface area contributed by atoms with E-state index >= 15 is 0 Å². The van der Waals surface area contributed by atoms with Gasteiger partial charge < -0.3 is 30.3 Å². The molecule has 44 heavy (non-hydrogen) atoms. The Balaban J connectivity index is 2.50. The van der Waals surface area contributed by atoms with Crippen molar-refractivity contribution >= 4 is 23.4 Å². The Morgan fingerprint density at radius 1 is 1.14 bits per heavy atom. The van der Waals surface area contributed by atoms with Gasteiger partial charge in [0, 0.05) is 29.2 Å². The number of nitrogens with zero attached hydrogens (tertiary/aromatic N) is 1. The van der Waals surface area contributed by atoms with E-state index in [-0.39, 0.29) is 18.8 Å². The third-order valence-electron chi connectivity index (χ3n) is 8.20. The smallest absolute Gasteiger partial charge is 0.334 e. The lowest BCUT2D eigenvalue weighted by molar-refractivity contribution is -0.165. The van der Waals surface area contributed by atoms with Crippen LogP contribution in [0.4, 0.5) is 0 Å². The Labute approximate surface area is 267 Å². The summed E-state index contributed by atoms with van der Waals surface area (Å²) in [4.78, 5) is 18.3. The molecule has 5 N–H and O–H groups in total. The van der Waals surface area contributed by atoms with E-state index < -0.39 is 48.5 Å². The molecule has 2 heterocycles. The number of aliphatic hydroxyl groups is 5. The summed E-state index contributed by atoms with van der Waals surface area (Å²) in [5.74, 6) is -1.73. The Bertz CT molecular complexity index is 1180. The zero-order valence-electron chi connectivity index (χ0n) is 27.1. The summed E-state index contributed by atoms with van der Waals surface area (Å²) in [6.07, 6.45) is 9.58. The van der Waals surface area contributed by atoms with Crippen LogP contribution in [0.1, 0.15) is 103 Å². The number of ether oxygens (including phenoxy) is 1. The molecule has 246 valence electrons. The number of esters is 1.